The molecule has 1 atom stereocenters. The second kappa shape index (κ2) is 5.18. The number of hydrogen-bond acceptors (Lipinski definition) is 2. The van der Waals surface area contributed by atoms with Gasteiger partial charge in [0.05, 0.1) is 5.41 Å². The minimum atomic E-state index is -0.765. The maximum Gasteiger partial charge on any atom is 0.317 e. The van der Waals surface area contributed by atoms with Crippen molar-refractivity contribution in [3.63, 3.8) is 0 Å². The first kappa shape index (κ1) is 14.7. The number of carbonyl (C=O) groups is 2. The highest BCUT2D eigenvalue weighted by Crippen LogP contribution is 2.60. The van der Waals surface area contributed by atoms with Gasteiger partial charge in [0, 0.05) is 19.6 Å². The first-order chi connectivity index (χ1) is 10.0. The molecule has 3 fully saturated rings. The summed E-state index contributed by atoms with van der Waals surface area (Å²) in [5.41, 5.74) is -0.358. The third kappa shape index (κ3) is 2.74. The molecule has 3 aliphatic rings. The molecule has 0 aromatic rings. The number of carboxylic acid groups (broad SMARTS) is 1. The Morgan fingerprint density at radius 3 is 2.52 bits per heavy atom. The first-order valence-corrected chi connectivity index (χ1v) is 8.28. The molecular weight excluding hydrogens is 268 g/mol. The predicted octanol–water partition coefficient (Wildman–Crippen LogP) is 2.46. The second-order valence-electron chi connectivity index (χ2n) is 7.26. The number of hydrogen-bond donors (Lipinski definition) is 2. The molecule has 0 spiro atoms. The number of carboxylic acids is 1. The maximum atomic E-state index is 12.4. The lowest BCUT2D eigenvalue weighted by atomic mass is 9.78. The molecule has 21 heavy (non-hydrogen) atoms. The normalized spacial score (nSPS) is 30.8. The van der Waals surface area contributed by atoms with Crippen LogP contribution < -0.4 is 5.32 Å². The van der Waals surface area contributed by atoms with Crippen molar-refractivity contribution in [3.05, 3.63) is 0 Å². The van der Waals surface area contributed by atoms with Crippen LogP contribution >= 0.6 is 0 Å². The summed E-state index contributed by atoms with van der Waals surface area (Å²) >= 11 is 0. The van der Waals surface area contributed by atoms with Crippen LogP contribution in [0.15, 0.2) is 0 Å². The molecule has 5 nitrogen and oxygen atoms in total. The van der Waals surface area contributed by atoms with Crippen molar-refractivity contribution < 1.29 is 14.7 Å². The molecule has 3 rings (SSSR count). The van der Waals surface area contributed by atoms with Crippen LogP contribution in [0.2, 0.25) is 0 Å². The fourth-order valence-corrected chi connectivity index (χ4v) is 3.87. The molecule has 118 valence electrons. The summed E-state index contributed by atoms with van der Waals surface area (Å²) in [6.07, 6.45) is 7.15. The lowest BCUT2D eigenvalue weighted by Gasteiger charge is -2.39. The maximum absolute atomic E-state index is 12.4. The Balaban J connectivity index is 1.55. The highest BCUT2D eigenvalue weighted by atomic mass is 16.4. The SMILES string of the molecule is CCC1(C(=O)O)CCCN(C(=O)NCC2(C3CC3)CC2)C1. The Morgan fingerprint density at radius 2 is 2.00 bits per heavy atom. The number of amides is 2. The van der Waals surface area contributed by atoms with Gasteiger partial charge in [0.25, 0.3) is 0 Å². The fraction of sp³-hybridized carbons (Fsp3) is 0.875. The minimum absolute atomic E-state index is 0.0688. The lowest BCUT2D eigenvalue weighted by Crippen LogP contribution is -2.53. The van der Waals surface area contributed by atoms with Crippen molar-refractivity contribution in [2.45, 2.75) is 51.9 Å². The van der Waals surface area contributed by atoms with Crippen LogP contribution in [0.3, 0.4) is 0 Å². The summed E-state index contributed by atoms with van der Waals surface area (Å²) in [7, 11) is 0. The summed E-state index contributed by atoms with van der Waals surface area (Å²) in [4.78, 5) is 25.6. The Hall–Kier alpha value is -1.26. The van der Waals surface area contributed by atoms with E-state index in [1.807, 2.05) is 6.92 Å². The van der Waals surface area contributed by atoms with E-state index < -0.39 is 11.4 Å². The number of urea groups is 1. The van der Waals surface area contributed by atoms with Crippen molar-refractivity contribution in [1.82, 2.24) is 10.2 Å². The molecule has 0 bridgehead atoms. The van der Waals surface area contributed by atoms with Gasteiger partial charge in [-0.05, 0) is 56.3 Å². The van der Waals surface area contributed by atoms with E-state index in [4.69, 9.17) is 0 Å². The third-order valence-corrected chi connectivity index (χ3v) is 5.92. The minimum Gasteiger partial charge on any atom is -0.481 e. The van der Waals surface area contributed by atoms with Gasteiger partial charge >= 0.3 is 12.0 Å². The van der Waals surface area contributed by atoms with E-state index in [0.717, 1.165) is 18.9 Å². The van der Waals surface area contributed by atoms with E-state index in [9.17, 15) is 14.7 Å². The summed E-state index contributed by atoms with van der Waals surface area (Å²) < 4.78 is 0. The van der Waals surface area contributed by atoms with Crippen molar-refractivity contribution in [3.8, 4) is 0 Å². The van der Waals surface area contributed by atoms with E-state index in [-0.39, 0.29) is 6.03 Å². The lowest BCUT2D eigenvalue weighted by molar-refractivity contribution is -0.152. The molecule has 2 aliphatic carbocycles. The van der Waals surface area contributed by atoms with Crippen LogP contribution in [0.25, 0.3) is 0 Å². The van der Waals surface area contributed by atoms with E-state index in [1.165, 1.54) is 25.7 Å². The van der Waals surface area contributed by atoms with Gasteiger partial charge in [0.2, 0.25) is 0 Å². The zero-order valence-electron chi connectivity index (χ0n) is 12.9. The highest BCUT2D eigenvalue weighted by molar-refractivity contribution is 5.78. The largest absolute Gasteiger partial charge is 0.481 e. The number of nitrogens with one attached hydrogen (secondary N) is 1. The smallest absolute Gasteiger partial charge is 0.317 e. The number of piperidine rings is 1. The van der Waals surface area contributed by atoms with Gasteiger partial charge in [0.1, 0.15) is 0 Å². The van der Waals surface area contributed by atoms with Crippen molar-refractivity contribution in [1.29, 1.82) is 0 Å². The molecule has 2 N–H and O–H groups in total. The van der Waals surface area contributed by atoms with Crippen molar-refractivity contribution >= 4 is 12.0 Å². The Kier molecular flexibility index (Phi) is 3.62. The van der Waals surface area contributed by atoms with Crippen molar-refractivity contribution in [2.24, 2.45) is 16.7 Å². The van der Waals surface area contributed by atoms with Crippen LogP contribution in [0.5, 0.6) is 0 Å². The zero-order valence-corrected chi connectivity index (χ0v) is 12.9. The summed E-state index contributed by atoms with van der Waals surface area (Å²) in [6, 6.07) is -0.0688. The Labute approximate surface area is 126 Å². The molecule has 0 aromatic heterocycles. The van der Waals surface area contributed by atoms with Crippen LogP contribution in [-0.2, 0) is 4.79 Å². The van der Waals surface area contributed by atoms with Crippen molar-refractivity contribution in [2.75, 3.05) is 19.6 Å². The van der Waals surface area contributed by atoms with Gasteiger partial charge in [-0.15, -0.1) is 0 Å². The van der Waals surface area contributed by atoms with E-state index in [2.05, 4.69) is 5.32 Å². The molecule has 1 heterocycles. The number of likely N-dealkylation sites (tertiary alicyclic amines) is 1. The summed E-state index contributed by atoms with van der Waals surface area (Å²) in [5.74, 6) is 0.0621. The molecule has 2 saturated carbocycles. The van der Waals surface area contributed by atoms with Gasteiger partial charge in [-0.25, -0.2) is 4.79 Å². The number of nitrogens with zero attached hydrogens (tertiary/aromatic N) is 1. The average Bonchev–Trinajstić information content (AvgIpc) is 3.37. The number of rotatable bonds is 5. The molecule has 0 aromatic carbocycles. The van der Waals surface area contributed by atoms with Crippen LogP contribution in [0.1, 0.15) is 51.9 Å². The van der Waals surface area contributed by atoms with Crippen LogP contribution in [0.4, 0.5) is 4.79 Å². The quantitative estimate of drug-likeness (QED) is 0.818. The Morgan fingerprint density at radius 1 is 1.29 bits per heavy atom. The van der Waals surface area contributed by atoms with Gasteiger partial charge in [-0.1, -0.05) is 6.92 Å². The molecule has 0 radical (unpaired) electrons. The van der Waals surface area contributed by atoms with E-state index in [0.29, 0.717) is 31.3 Å². The Bertz CT molecular complexity index is 443. The fourth-order valence-electron chi connectivity index (χ4n) is 3.87. The van der Waals surface area contributed by atoms with Gasteiger partial charge in [-0.2, -0.15) is 0 Å². The number of aliphatic carboxylic acids is 1. The van der Waals surface area contributed by atoms with E-state index >= 15 is 0 Å². The second-order valence-corrected chi connectivity index (χ2v) is 7.26. The van der Waals surface area contributed by atoms with Crippen LogP contribution in [0, 0.1) is 16.7 Å². The highest BCUT2D eigenvalue weighted by Gasteiger charge is 2.53. The zero-order chi connectivity index (χ0) is 15.1. The third-order valence-electron chi connectivity index (χ3n) is 5.92. The molecule has 1 aliphatic heterocycles. The molecule has 2 amide bonds. The first-order valence-electron chi connectivity index (χ1n) is 8.28. The molecule has 1 unspecified atom stereocenters. The average molecular weight is 294 g/mol. The monoisotopic (exact) mass is 294 g/mol. The predicted molar refractivity (Wildman–Crippen MR) is 79.0 cm³/mol. The van der Waals surface area contributed by atoms with Gasteiger partial charge in [0.15, 0.2) is 0 Å². The summed E-state index contributed by atoms with van der Waals surface area (Å²) in [5, 5.41) is 12.6. The standard InChI is InChI=1S/C16H26N2O3/c1-2-15(13(19)20)6-3-9-18(11-15)14(21)17-10-16(7-8-16)12-4-5-12/h12H,2-11H2,1H3,(H,17,21)(H,19,20). The van der Waals surface area contributed by atoms with E-state index in [1.54, 1.807) is 4.90 Å². The number of carbonyl (C=O) groups excluding carboxylic acids is 1. The summed E-state index contributed by atoms with van der Waals surface area (Å²) in [6.45, 7) is 3.71. The van der Waals surface area contributed by atoms with Crippen LogP contribution in [-0.4, -0.2) is 41.6 Å². The van der Waals surface area contributed by atoms with Gasteiger partial charge < -0.3 is 15.3 Å². The van der Waals surface area contributed by atoms with Gasteiger partial charge in [-0.3, -0.25) is 4.79 Å². The topological polar surface area (TPSA) is 69.6 Å². The molecule has 1 saturated heterocycles. The molecule has 5 heteroatoms. The molecular formula is C16H26N2O3.